The first-order valence-corrected chi connectivity index (χ1v) is 12.1. The number of rotatable bonds is 8. The summed E-state index contributed by atoms with van der Waals surface area (Å²) in [6, 6.07) is 20.0. The van der Waals surface area contributed by atoms with Gasteiger partial charge in [0.2, 0.25) is 0 Å². The summed E-state index contributed by atoms with van der Waals surface area (Å²) in [5.41, 5.74) is 3.45. The fourth-order valence-electron chi connectivity index (χ4n) is 3.42. The largest absolute Gasteiger partial charge is 0.512 e. The van der Waals surface area contributed by atoms with E-state index >= 15 is 0 Å². The van der Waals surface area contributed by atoms with Gasteiger partial charge in [0.1, 0.15) is 0 Å². The molecule has 1 radical (unpaired) electrons. The van der Waals surface area contributed by atoms with Crippen LogP contribution in [-0.2, 0) is 31.3 Å². The molecule has 0 aliphatic rings. The quantitative estimate of drug-likeness (QED) is 0.155. The van der Waals surface area contributed by atoms with Crippen molar-refractivity contribution in [1.82, 2.24) is 4.98 Å². The zero-order valence-corrected chi connectivity index (χ0v) is 23.7. The molecule has 3 aromatic rings. The molecule has 34 heavy (non-hydrogen) atoms. The first-order valence-electron chi connectivity index (χ1n) is 12.1. The van der Waals surface area contributed by atoms with Crippen molar-refractivity contribution in [3.8, 4) is 11.3 Å². The monoisotopic (exact) mass is 637 g/mol. The molecule has 185 valence electrons. The van der Waals surface area contributed by atoms with Gasteiger partial charge in [-0.05, 0) is 53.3 Å². The number of carbonyl (C=O) groups excluding carboxylic acids is 1. The maximum atomic E-state index is 11.4. The molecular weight excluding hydrogens is 599 g/mol. The van der Waals surface area contributed by atoms with E-state index < -0.39 is 0 Å². The van der Waals surface area contributed by atoms with Crippen LogP contribution in [0.3, 0.4) is 0 Å². The average Bonchev–Trinajstić information content (AvgIpc) is 2.82. The average molecular weight is 637 g/mol. The molecule has 4 heteroatoms. The molecule has 0 saturated heterocycles. The van der Waals surface area contributed by atoms with Crippen LogP contribution >= 0.6 is 0 Å². The smallest absolute Gasteiger partial charge is 0.161 e. The minimum atomic E-state index is 0. The Hall–Kier alpha value is -2.29. The van der Waals surface area contributed by atoms with Gasteiger partial charge in [0, 0.05) is 44.2 Å². The van der Waals surface area contributed by atoms with E-state index in [1.165, 1.54) is 22.4 Å². The Morgan fingerprint density at radius 1 is 1.03 bits per heavy atom. The number of fused-ring (bicyclic) bond motifs is 1. The van der Waals surface area contributed by atoms with Gasteiger partial charge in [0.05, 0.1) is 5.76 Å². The van der Waals surface area contributed by atoms with Gasteiger partial charge < -0.3 is 10.1 Å². The Bertz CT molecular complexity index is 1060. The number of nitrogens with zero attached hydrogens (tertiary/aromatic N) is 1. The molecule has 1 aromatic heterocycles. The predicted octanol–water partition coefficient (Wildman–Crippen LogP) is 7.99. The topological polar surface area (TPSA) is 50.2 Å². The maximum absolute atomic E-state index is 11.4. The SMILES string of the molecule is CC(C)Cc1ccc2c(-c3[c-]cccc3)nccc2c1.CCC(C)C(=O)/C=C(\O)C(C)CC.[Ir]. The summed E-state index contributed by atoms with van der Waals surface area (Å²) >= 11 is 0. The molecule has 3 rings (SSSR count). The number of aliphatic hydroxyl groups is 1. The Labute approximate surface area is 219 Å². The third kappa shape index (κ3) is 8.81. The van der Waals surface area contributed by atoms with Crippen molar-refractivity contribution in [3.63, 3.8) is 0 Å². The van der Waals surface area contributed by atoms with Crippen LogP contribution in [0.1, 0.15) is 59.9 Å². The number of allylic oxidation sites excluding steroid dienone is 2. The van der Waals surface area contributed by atoms with E-state index in [1.54, 1.807) is 0 Å². The molecule has 0 aliphatic heterocycles. The van der Waals surface area contributed by atoms with Crippen molar-refractivity contribution in [2.45, 2.75) is 60.8 Å². The second-order valence-corrected chi connectivity index (χ2v) is 9.18. The number of aromatic nitrogens is 1. The standard InChI is InChI=1S/C19H18N.C11H20O2.Ir/c1-14(2)12-15-8-9-18-17(13-15)10-11-20-19(18)16-6-4-3-5-7-16;1-5-8(3)10(12)7-11(13)9(4)6-2;/h3-6,8-11,13-14H,12H2,1-2H3;7-9,12H,5-6H2,1-4H3;/q-1;;/b;10-7-;. The molecule has 3 nitrogen and oxygen atoms in total. The van der Waals surface area contributed by atoms with Crippen molar-refractivity contribution >= 4 is 16.6 Å². The fraction of sp³-hybridized carbons (Fsp3) is 0.400. The van der Waals surface area contributed by atoms with Crippen LogP contribution in [0, 0.1) is 23.8 Å². The fourth-order valence-corrected chi connectivity index (χ4v) is 3.42. The van der Waals surface area contributed by atoms with E-state index in [4.69, 9.17) is 0 Å². The first kappa shape index (κ1) is 29.7. The Kier molecular flexibility index (Phi) is 13.0. The van der Waals surface area contributed by atoms with Gasteiger partial charge in [-0.25, -0.2) is 0 Å². The second-order valence-electron chi connectivity index (χ2n) is 9.18. The molecule has 0 amide bonds. The Morgan fingerprint density at radius 3 is 2.32 bits per heavy atom. The molecule has 0 fully saturated rings. The van der Waals surface area contributed by atoms with Gasteiger partial charge in [0.15, 0.2) is 5.78 Å². The number of aliphatic hydroxyl groups excluding tert-OH is 1. The van der Waals surface area contributed by atoms with Crippen molar-refractivity contribution < 1.29 is 30.0 Å². The van der Waals surface area contributed by atoms with Crippen molar-refractivity contribution in [2.75, 3.05) is 0 Å². The minimum Gasteiger partial charge on any atom is -0.512 e. The van der Waals surface area contributed by atoms with E-state index in [0.717, 1.165) is 30.5 Å². The molecular formula is C30H38IrNO2-. The molecule has 0 saturated carbocycles. The molecule has 0 aliphatic carbocycles. The summed E-state index contributed by atoms with van der Waals surface area (Å²) in [7, 11) is 0. The normalized spacial score (nSPS) is 13.0. The van der Waals surface area contributed by atoms with Crippen LogP contribution in [0.25, 0.3) is 22.0 Å². The van der Waals surface area contributed by atoms with Crippen LogP contribution in [-0.4, -0.2) is 15.9 Å². The number of hydrogen-bond acceptors (Lipinski definition) is 3. The van der Waals surface area contributed by atoms with Crippen LogP contribution in [0.15, 0.2) is 66.6 Å². The minimum absolute atomic E-state index is 0. The summed E-state index contributed by atoms with van der Waals surface area (Å²) in [5, 5.41) is 11.9. The van der Waals surface area contributed by atoms with E-state index in [0.29, 0.717) is 5.92 Å². The van der Waals surface area contributed by atoms with Crippen LogP contribution < -0.4 is 0 Å². The van der Waals surface area contributed by atoms with Gasteiger partial charge in [-0.3, -0.25) is 4.79 Å². The number of carbonyl (C=O) groups is 1. The molecule has 2 unspecified atom stereocenters. The maximum Gasteiger partial charge on any atom is 0.161 e. The molecule has 0 spiro atoms. The molecule has 1 heterocycles. The summed E-state index contributed by atoms with van der Waals surface area (Å²) in [4.78, 5) is 15.9. The summed E-state index contributed by atoms with van der Waals surface area (Å²) in [6.45, 7) is 12.2. The third-order valence-corrected chi connectivity index (χ3v) is 5.94. The summed E-state index contributed by atoms with van der Waals surface area (Å²) < 4.78 is 0. The van der Waals surface area contributed by atoms with Crippen LogP contribution in [0.4, 0.5) is 0 Å². The van der Waals surface area contributed by atoms with Crippen LogP contribution in [0.2, 0.25) is 0 Å². The number of benzene rings is 2. The van der Waals surface area contributed by atoms with E-state index in [9.17, 15) is 9.90 Å². The van der Waals surface area contributed by atoms with Crippen molar-refractivity contribution in [1.29, 1.82) is 0 Å². The third-order valence-electron chi connectivity index (χ3n) is 5.94. The van der Waals surface area contributed by atoms with E-state index in [2.05, 4.69) is 55.2 Å². The Morgan fingerprint density at radius 2 is 1.74 bits per heavy atom. The van der Waals surface area contributed by atoms with Crippen LogP contribution in [0.5, 0.6) is 0 Å². The molecule has 1 N–H and O–H groups in total. The van der Waals surface area contributed by atoms with Gasteiger partial charge in [-0.2, -0.15) is 0 Å². The molecule has 2 aromatic carbocycles. The van der Waals surface area contributed by atoms with Gasteiger partial charge in [0.25, 0.3) is 0 Å². The van der Waals surface area contributed by atoms with Gasteiger partial charge >= 0.3 is 0 Å². The Balaban J connectivity index is 0.000000364. The predicted molar refractivity (Wildman–Crippen MR) is 139 cm³/mol. The van der Waals surface area contributed by atoms with Crippen molar-refractivity contribution in [3.05, 3.63) is 78.2 Å². The van der Waals surface area contributed by atoms with Gasteiger partial charge in [-0.15, -0.1) is 35.9 Å². The number of ketones is 1. The van der Waals surface area contributed by atoms with E-state index in [1.807, 2.05) is 52.1 Å². The van der Waals surface area contributed by atoms with E-state index in [-0.39, 0.29) is 43.5 Å². The second kappa shape index (κ2) is 14.9. The number of pyridine rings is 1. The zero-order chi connectivity index (χ0) is 24.4. The summed E-state index contributed by atoms with van der Waals surface area (Å²) in [5.74, 6) is 1.03. The van der Waals surface area contributed by atoms with Crippen molar-refractivity contribution in [2.24, 2.45) is 17.8 Å². The first-order chi connectivity index (χ1) is 15.8. The van der Waals surface area contributed by atoms with Gasteiger partial charge in [-0.1, -0.05) is 59.7 Å². The number of hydrogen-bond donors (Lipinski definition) is 1. The summed E-state index contributed by atoms with van der Waals surface area (Å²) in [6.07, 6.45) is 6.06. The zero-order valence-electron chi connectivity index (χ0n) is 21.3. The molecule has 2 atom stereocenters. The molecule has 0 bridgehead atoms.